The fourth-order valence-electron chi connectivity index (χ4n) is 3.04. The smallest absolute Gasteiger partial charge is 0.407 e. The average molecular weight is 363 g/mol. The van der Waals surface area contributed by atoms with Gasteiger partial charge in [-0.25, -0.2) is 9.59 Å². The molecule has 0 aromatic heterocycles. The van der Waals surface area contributed by atoms with Crippen molar-refractivity contribution in [1.29, 1.82) is 0 Å². The Hall–Kier alpha value is -2.28. The van der Waals surface area contributed by atoms with E-state index in [1.54, 1.807) is 0 Å². The van der Waals surface area contributed by atoms with Gasteiger partial charge in [0.05, 0.1) is 0 Å². The normalized spacial score (nSPS) is 17.7. The van der Waals surface area contributed by atoms with E-state index >= 15 is 0 Å². The van der Waals surface area contributed by atoms with E-state index in [2.05, 4.69) is 10.2 Å². The summed E-state index contributed by atoms with van der Waals surface area (Å²) < 4.78 is 5.25. The molecule has 0 radical (unpaired) electrons. The summed E-state index contributed by atoms with van der Waals surface area (Å²) >= 11 is 0. The molecule has 1 atom stereocenters. The molecule has 0 spiro atoms. The number of hydrogen-bond acceptors (Lipinski definition) is 4. The summed E-state index contributed by atoms with van der Waals surface area (Å²) in [6.07, 6.45) is -0.485. The highest BCUT2D eigenvalue weighted by molar-refractivity contribution is 5.67. The first-order chi connectivity index (χ1) is 12.3. The molecule has 1 aliphatic heterocycles. The van der Waals surface area contributed by atoms with E-state index in [-0.39, 0.29) is 12.6 Å². The summed E-state index contributed by atoms with van der Waals surface area (Å²) in [6, 6.07) is 9.59. The molecule has 2 amide bonds. The number of amides is 2. The second kappa shape index (κ2) is 8.89. The third-order valence-electron chi connectivity index (χ3n) is 4.49. The number of ether oxygens (including phenoxy) is 1. The van der Waals surface area contributed by atoms with Crippen LogP contribution in [0, 0.1) is 0 Å². The van der Waals surface area contributed by atoms with Gasteiger partial charge in [-0.2, -0.15) is 0 Å². The molecule has 1 unspecified atom stereocenters. The molecule has 7 nitrogen and oxygen atoms in total. The van der Waals surface area contributed by atoms with E-state index in [0.717, 1.165) is 18.5 Å². The molecular formula is C19H29N3O4. The molecule has 2 N–H and O–H groups in total. The lowest BCUT2D eigenvalue weighted by molar-refractivity contribution is 0.0931. The molecule has 2 rings (SSSR count). The first-order valence-electron chi connectivity index (χ1n) is 8.96. The van der Waals surface area contributed by atoms with Gasteiger partial charge < -0.3 is 20.1 Å². The van der Waals surface area contributed by atoms with Crippen molar-refractivity contribution < 1.29 is 19.4 Å². The van der Waals surface area contributed by atoms with Crippen LogP contribution in [0.25, 0.3) is 0 Å². The van der Waals surface area contributed by atoms with E-state index in [1.165, 1.54) is 4.90 Å². The predicted octanol–water partition coefficient (Wildman–Crippen LogP) is 2.77. The number of nitrogens with zero attached hydrogens (tertiary/aromatic N) is 2. The highest BCUT2D eigenvalue weighted by Crippen LogP contribution is 2.15. The number of nitrogens with one attached hydrogen (secondary N) is 1. The lowest BCUT2D eigenvalue weighted by Crippen LogP contribution is -2.48. The quantitative estimate of drug-likeness (QED) is 0.812. The van der Waals surface area contributed by atoms with E-state index in [9.17, 15) is 14.7 Å². The van der Waals surface area contributed by atoms with Crippen LogP contribution >= 0.6 is 0 Å². The first kappa shape index (κ1) is 20.0. The number of carboxylic acid groups (broad SMARTS) is 1. The van der Waals surface area contributed by atoms with Gasteiger partial charge in [0, 0.05) is 37.8 Å². The molecule has 144 valence electrons. The van der Waals surface area contributed by atoms with Gasteiger partial charge in [0.1, 0.15) is 6.61 Å². The average Bonchev–Trinajstić information content (AvgIpc) is 3.00. The van der Waals surface area contributed by atoms with E-state index < -0.39 is 17.7 Å². The van der Waals surface area contributed by atoms with Crippen LogP contribution in [0.2, 0.25) is 0 Å². The van der Waals surface area contributed by atoms with Gasteiger partial charge in [-0.05, 0) is 32.8 Å². The Kier molecular flexibility index (Phi) is 6.85. The molecule has 26 heavy (non-hydrogen) atoms. The number of alkyl carbamates (subject to hydrolysis) is 1. The number of carbonyl (C=O) groups is 2. The molecule has 0 bridgehead atoms. The van der Waals surface area contributed by atoms with Crippen LogP contribution in [0.15, 0.2) is 30.3 Å². The second-order valence-corrected chi connectivity index (χ2v) is 7.60. The minimum Gasteiger partial charge on any atom is -0.465 e. The second-order valence-electron chi connectivity index (χ2n) is 7.60. The van der Waals surface area contributed by atoms with Crippen LogP contribution in [0.4, 0.5) is 9.59 Å². The Balaban J connectivity index is 1.71. The van der Waals surface area contributed by atoms with Crippen molar-refractivity contribution in [2.24, 2.45) is 0 Å². The topological polar surface area (TPSA) is 82.1 Å². The maximum atomic E-state index is 11.9. The fraction of sp³-hybridized carbons (Fsp3) is 0.579. The van der Waals surface area contributed by atoms with Crippen molar-refractivity contribution in [1.82, 2.24) is 15.1 Å². The molecule has 1 saturated heterocycles. The van der Waals surface area contributed by atoms with E-state index in [4.69, 9.17) is 4.74 Å². The summed E-state index contributed by atoms with van der Waals surface area (Å²) in [5.41, 5.74) is 0.524. The molecule has 1 aromatic rings. The Labute approximate surface area is 154 Å². The maximum absolute atomic E-state index is 11.9. The zero-order valence-corrected chi connectivity index (χ0v) is 15.8. The Morgan fingerprint density at radius 2 is 2.00 bits per heavy atom. The molecule has 1 heterocycles. The lowest BCUT2D eigenvalue weighted by atomic mass is 10.1. The van der Waals surface area contributed by atoms with Gasteiger partial charge in [-0.1, -0.05) is 30.3 Å². The Morgan fingerprint density at radius 3 is 2.62 bits per heavy atom. The molecular weight excluding hydrogens is 334 g/mol. The summed E-state index contributed by atoms with van der Waals surface area (Å²) in [7, 11) is 0. The third-order valence-corrected chi connectivity index (χ3v) is 4.49. The van der Waals surface area contributed by atoms with Crippen LogP contribution in [0.1, 0.15) is 32.8 Å². The third kappa shape index (κ3) is 6.22. The minimum absolute atomic E-state index is 0.0335. The van der Waals surface area contributed by atoms with Crippen LogP contribution in [0.3, 0.4) is 0 Å². The fourth-order valence-corrected chi connectivity index (χ4v) is 3.04. The molecule has 0 saturated carbocycles. The molecule has 1 aliphatic rings. The highest BCUT2D eigenvalue weighted by Gasteiger charge is 2.29. The van der Waals surface area contributed by atoms with Crippen molar-refractivity contribution in [3.05, 3.63) is 35.9 Å². The van der Waals surface area contributed by atoms with Crippen LogP contribution in [-0.4, -0.2) is 64.9 Å². The summed E-state index contributed by atoms with van der Waals surface area (Å²) in [4.78, 5) is 26.9. The van der Waals surface area contributed by atoms with E-state index in [1.807, 2.05) is 51.1 Å². The summed E-state index contributed by atoms with van der Waals surface area (Å²) in [6.45, 7) is 8.56. The van der Waals surface area contributed by atoms with Crippen molar-refractivity contribution in [2.75, 3.05) is 26.2 Å². The van der Waals surface area contributed by atoms with Crippen molar-refractivity contribution in [3.8, 4) is 0 Å². The number of rotatable bonds is 6. The molecule has 7 heteroatoms. The predicted molar refractivity (Wildman–Crippen MR) is 99.1 cm³/mol. The molecule has 0 aliphatic carbocycles. The van der Waals surface area contributed by atoms with Crippen LogP contribution in [-0.2, 0) is 11.3 Å². The van der Waals surface area contributed by atoms with Crippen molar-refractivity contribution in [3.63, 3.8) is 0 Å². The lowest BCUT2D eigenvalue weighted by Gasteiger charge is -2.34. The van der Waals surface area contributed by atoms with Crippen LogP contribution in [0.5, 0.6) is 0 Å². The number of benzene rings is 1. The molecule has 1 aromatic carbocycles. The van der Waals surface area contributed by atoms with Gasteiger partial charge in [-0.15, -0.1) is 0 Å². The van der Waals surface area contributed by atoms with Gasteiger partial charge >= 0.3 is 12.2 Å². The van der Waals surface area contributed by atoms with Gasteiger partial charge in [0.15, 0.2) is 0 Å². The highest BCUT2D eigenvalue weighted by atomic mass is 16.5. The monoisotopic (exact) mass is 363 g/mol. The van der Waals surface area contributed by atoms with Gasteiger partial charge in [-0.3, -0.25) is 4.90 Å². The summed E-state index contributed by atoms with van der Waals surface area (Å²) in [5, 5.41) is 12.2. The van der Waals surface area contributed by atoms with Crippen LogP contribution < -0.4 is 5.32 Å². The van der Waals surface area contributed by atoms with E-state index in [0.29, 0.717) is 19.6 Å². The standard InChI is InChI=1S/C19H29N3O4/c1-19(2,3)22(18(24)25)12-11-21-10-9-16(13-21)20-17(23)26-14-15-7-5-4-6-8-15/h4-8,16H,9-14H2,1-3H3,(H,20,23)(H,24,25). The Bertz CT molecular complexity index is 601. The first-order valence-corrected chi connectivity index (χ1v) is 8.96. The summed E-state index contributed by atoms with van der Waals surface area (Å²) in [5.74, 6) is 0. The molecule has 1 fully saturated rings. The van der Waals surface area contributed by atoms with Gasteiger partial charge in [0.2, 0.25) is 0 Å². The van der Waals surface area contributed by atoms with Crippen molar-refractivity contribution in [2.45, 2.75) is 45.4 Å². The largest absolute Gasteiger partial charge is 0.465 e. The number of carbonyl (C=O) groups excluding carboxylic acids is 1. The zero-order valence-electron chi connectivity index (χ0n) is 15.8. The van der Waals surface area contributed by atoms with Gasteiger partial charge in [0.25, 0.3) is 0 Å². The zero-order chi connectivity index (χ0) is 19.2. The number of hydrogen-bond donors (Lipinski definition) is 2. The number of likely N-dealkylation sites (tertiary alicyclic amines) is 1. The maximum Gasteiger partial charge on any atom is 0.407 e. The Morgan fingerprint density at radius 1 is 1.31 bits per heavy atom. The SMILES string of the molecule is CC(C)(C)N(CCN1CCC(NC(=O)OCc2ccccc2)C1)C(=O)O. The minimum atomic E-state index is -0.907. The van der Waals surface area contributed by atoms with Crippen molar-refractivity contribution >= 4 is 12.2 Å².